The fourth-order valence-electron chi connectivity index (χ4n) is 1.06. The molecule has 1 aromatic rings. The summed E-state index contributed by atoms with van der Waals surface area (Å²) in [5.41, 5.74) is 0. The van der Waals surface area contributed by atoms with Gasteiger partial charge in [0.1, 0.15) is 5.03 Å². The molecule has 0 atom stereocenters. The van der Waals surface area contributed by atoms with E-state index in [1.165, 1.54) is 0 Å². The van der Waals surface area contributed by atoms with Crippen LogP contribution < -0.4 is 5.32 Å². The van der Waals surface area contributed by atoms with Crippen molar-refractivity contribution in [3.8, 4) is 0 Å². The first-order valence-corrected chi connectivity index (χ1v) is 8.14. The number of pyridine rings is 1. The van der Waals surface area contributed by atoms with Crippen LogP contribution in [0, 0.1) is 0 Å². The molecule has 1 rings (SSSR count). The standard InChI is InChI=1S/C12H18N2O2S2/c1-10(2)14-12(15)16-8-5-9-17-18-11-6-3-4-7-13-11/h3-4,6-7,10H,5,8-9H2,1-2H3,(H,14,15). The molecular weight excluding hydrogens is 268 g/mol. The van der Waals surface area contributed by atoms with Gasteiger partial charge in [-0.25, -0.2) is 9.78 Å². The number of hydrogen-bond acceptors (Lipinski definition) is 5. The van der Waals surface area contributed by atoms with Crippen molar-refractivity contribution in [1.29, 1.82) is 0 Å². The van der Waals surface area contributed by atoms with Crippen molar-refractivity contribution in [1.82, 2.24) is 10.3 Å². The first-order valence-electron chi connectivity index (χ1n) is 5.82. The van der Waals surface area contributed by atoms with Crippen LogP contribution in [0.15, 0.2) is 29.4 Å². The normalized spacial score (nSPS) is 10.4. The molecule has 0 aliphatic carbocycles. The Kier molecular flexibility index (Phi) is 7.68. The van der Waals surface area contributed by atoms with Crippen LogP contribution in [0.25, 0.3) is 0 Å². The van der Waals surface area contributed by atoms with Crippen LogP contribution in [0.2, 0.25) is 0 Å². The fraction of sp³-hybridized carbons (Fsp3) is 0.500. The van der Waals surface area contributed by atoms with Crippen LogP contribution in [-0.2, 0) is 4.74 Å². The molecule has 1 aromatic heterocycles. The van der Waals surface area contributed by atoms with E-state index in [0.717, 1.165) is 17.2 Å². The molecule has 6 heteroatoms. The molecule has 18 heavy (non-hydrogen) atoms. The number of hydrogen-bond donors (Lipinski definition) is 1. The molecule has 0 unspecified atom stereocenters. The van der Waals surface area contributed by atoms with E-state index in [4.69, 9.17) is 4.74 Å². The molecule has 0 spiro atoms. The second-order valence-electron chi connectivity index (χ2n) is 3.86. The maximum absolute atomic E-state index is 11.2. The second-order valence-corrected chi connectivity index (χ2v) is 6.30. The summed E-state index contributed by atoms with van der Waals surface area (Å²) in [5.74, 6) is 0.927. The zero-order valence-electron chi connectivity index (χ0n) is 10.6. The fourth-order valence-corrected chi connectivity index (χ4v) is 3.00. The van der Waals surface area contributed by atoms with Gasteiger partial charge in [0, 0.05) is 18.0 Å². The van der Waals surface area contributed by atoms with Gasteiger partial charge < -0.3 is 10.1 Å². The number of rotatable bonds is 7. The van der Waals surface area contributed by atoms with Crippen molar-refractivity contribution >= 4 is 27.7 Å². The maximum Gasteiger partial charge on any atom is 0.407 e. The summed E-state index contributed by atoms with van der Waals surface area (Å²) >= 11 is 0. The topological polar surface area (TPSA) is 51.2 Å². The van der Waals surface area contributed by atoms with E-state index < -0.39 is 0 Å². The lowest BCUT2D eigenvalue weighted by Gasteiger charge is -2.08. The summed E-state index contributed by atoms with van der Waals surface area (Å²) in [6, 6.07) is 5.96. The Bertz CT molecular complexity index is 347. The highest BCUT2D eigenvalue weighted by molar-refractivity contribution is 8.76. The number of carbonyl (C=O) groups excluding carboxylic acids is 1. The molecule has 1 heterocycles. The van der Waals surface area contributed by atoms with Gasteiger partial charge in [0.05, 0.1) is 6.61 Å². The Morgan fingerprint density at radius 1 is 1.50 bits per heavy atom. The molecule has 0 saturated heterocycles. The van der Waals surface area contributed by atoms with Gasteiger partial charge in [-0.05, 0) is 43.2 Å². The van der Waals surface area contributed by atoms with Crippen LogP contribution in [0.3, 0.4) is 0 Å². The molecule has 0 saturated carbocycles. The highest BCUT2D eigenvalue weighted by atomic mass is 33.1. The van der Waals surface area contributed by atoms with Crippen LogP contribution in [-0.4, -0.2) is 29.5 Å². The monoisotopic (exact) mass is 286 g/mol. The van der Waals surface area contributed by atoms with E-state index in [2.05, 4.69) is 10.3 Å². The molecule has 4 nitrogen and oxygen atoms in total. The van der Waals surface area contributed by atoms with E-state index >= 15 is 0 Å². The SMILES string of the molecule is CC(C)NC(=O)OCCCSSc1ccccn1. The molecule has 0 radical (unpaired) electrons. The van der Waals surface area contributed by atoms with Gasteiger partial charge in [0.15, 0.2) is 0 Å². The number of nitrogens with one attached hydrogen (secondary N) is 1. The summed E-state index contributed by atoms with van der Waals surface area (Å²) in [6.45, 7) is 4.26. The Morgan fingerprint density at radius 3 is 3.00 bits per heavy atom. The highest BCUT2D eigenvalue weighted by Gasteiger charge is 2.03. The second kappa shape index (κ2) is 9.10. The number of aromatic nitrogens is 1. The van der Waals surface area contributed by atoms with Crippen molar-refractivity contribution in [2.45, 2.75) is 31.3 Å². The van der Waals surface area contributed by atoms with Gasteiger partial charge in [-0.2, -0.15) is 0 Å². The number of alkyl carbamates (subject to hydrolysis) is 1. The minimum Gasteiger partial charge on any atom is -0.450 e. The first kappa shape index (κ1) is 15.2. The van der Waals surface area contributed by atoms with Crippen molar-refractivity contribution in [2.24, 2.45) is 0 Å². The molecule has 0 aromatic carbocycles. The largest absolute Gasteiger partial charge is 0.450 e. The molecule has 100 valence electrons. The lowest BCUT2D eigenvalue weighted by molar-refractivity contribution is 0.144. The maximum atomic E-state index is 11.2. The molecule has 0 aliphatic heterocycles. The number of amides is 1. The quantitative estimate of drug-likeness (QED) is 0.615. The van der Waals surface area contributed by atoms with Crippen molar-refractivity contribution in [2.75, 3.05) is 12.4 Å². The van der Waals surface area contributed by atoms with Crippen molar-refractivity contribution in [3.05, 3.63) is 24.4 Å². The highest BCUT2D eigenvalue weighted by Crippen LogP contribution is 2.29. The lowest BCUT2D eigenvalue weighted by atomic mass is 10.4. The average molecular weight is 286 g/mol. The Morgan fingerprint density at radius 2 is 2.33 bits per heavy atom. The third-order valence-corrected chi connectivity index (χ3v) is 4.15. The average Bonchev–Trinajstić information content (AvgIpc) is 2.34. The van der Waals surface area contributed by atoms with Gasteiger partial charge in [0.25, 0.3) is 0 Å². The van der Waals surface area contributed by atoms with Gasteiger partial charge in [-0.3, -0.25) is 0 Å². The van der Waals surface area contributed by atoms with Gasteiger partial charge in [-0.15, -0.1) is 0 Å². The Hall–Kier alpha value is -0.880. The lowest BCUT2D eigenvalue weighted by Crippen LogP contribution is -2.30. The predicted molar refractivity (Wildman–Crippen MR) is 76.8 cm³/mol. The van der Waals surface area contributed by atoms with E-state index in [1.807, 2.05) is 32.0 Å². The molecule has 0 bridgehead atoms. The third kappa shape index (κ3) is 7.45. The molecule has 0 fully saturated rings. The minimum atomic E-state index is -0.340. The Balaban J connectivity index is 1.98. The van der Waals surface area contributed by atoms with Crippen molar-refractivity contribution < 1.29 is 9.53 Å². The van der Waals surface area contributed by atoms with Crippen molar-refractivity contribution in [3.63, 3.8) is 0 Å². The van der Waals surface area contributed by atoms with Gasteiger partial charge in [-0.1, -0.05) is 16.9 Å². The van der Waals surface area contributed by atoms with Gasteiger partial charge >= 0.3 is 6.09 Å². The summed E-state index contributed by atoms with van der Waals surface area (Å²) in [4.78, 5) is 15.4. The zero-order chi connectivity index (χ0) is 13.2. The summed E-state index contributed by atoms with van der Waals surface area (Å²) in [6.07, 6.45) is 2.28. The van der Waals surface area contributed by atoms with Crippen LogP contribution in [0.1, 0.15) is 20.3 Å². The number of carbonyl (C=O) groups is 1. The zero-order valence-corrected chi connectivity index (χ0v) is 12.2. The van der Waals surface area contributed by atoms with Crippen LogP contribution in [0.5, 0.6) is 0 Å². The van der Waals surface area contributed by atoms with E-state index in [9.17, 15) is 4.79 Å². The summed E-state index contributed by atoms with van der Waals surface area (Å²) in [7, 11) is 3.35. The molecule has 0 aliphatic rings. The van der Waals surface area contributed by atoms with E-state index in [1.54, 1.807) is 27.8 Å². The van der Waals surface area contributed by atoms with E-state index in [0.29, 0.717) is 6.61 Å². The first-order chi connectivity index (χ1) is 8.68. The molecule has 1 amide bonds. The minimum absolute atomic E-state index is 0.117. The Labute approximate surface area is 116 Å². The predicted octanol–water partition coefficient (Wildman–Crippen LogP) is 3.35. The summed E-state index contributed by atoms with van der Waals surface area (Å²) < 4.78 is 5.02. The number of nitrogens with zero attached hydrogens (tertiary/aromatic N) is 1. The van der Waals surface area contributed by atoms with E-state index in [-0.39, 0.29) is 12.1 Å². The van der Waals surface area contributed by atoms with Crippen LogP contribution in [0.4, 0.5) is 4.79 Å². The molecule has 1 N–H and O–H groups in total. The van der Waals surface area contributed by atoms with Gasteiger partial charge in [0.2, 0.25) is 0 Å². The van der Waals surface area contributed by atoms with Crippen LogP contribution >= 0.6 is 21.6 Å². The smallest absolute Gasteiger partial charge is 0.407 e. The molecular formula is C12H18N2O2S2. The number of ether oxygens (including phenoxy) is 1. The summed E-state index contributed by atoms with van der Waals surface area (Å²) in [5, 5.41) is 3.68. The third-order valence-electron chi connectivity index (χ3n) is 1.79.